The Morgan fingerprint density at radius 2 is 1.88 bits per heavy atom. The summed E-state index contributed by atoms with van der Waals surface area (Å²) in [7, 11) is 0. The van der Waals surface area contributed by atoms with Crippen LogP contribution in [0, 0.1) is 6.92 Å². The van der Waals surface area contributed by atoms with Gasteiger partial charge in [0.05, 0.1) is 17.8 Å². The van der Waals surface area contributed by atoms with Gasteiger partial charge in [0, 0.05) is 12.8 Å². The largest absolute Gasteiger partial charge is 0.389 e. The van der Waals surface area contributed by atoms with Crippen LogP contribution < -0.4 is 0 Å². The SMILES string of the molecule is Cc1ccc(CC2(O)CCOC(C)(C)C2)cc1. The van der Waals surface area contributed by atoms with E-state index in [-0.39, 0.29) is 5.60 Å². The molecule has 0 radical (unpaired) electrons. The van der Waals surface area contributed by atoms with Crippen molar-refractivity contribution >= 4 is 0 Å². The minimum atomic E-state index is -0.614. The van der Waals surface area contributed by atoms with Gasteiger partial charge in [-0.2, -0.15) is 0 Å². The average Bonchev–Trinajstić information content (AvgIpc) is 2.19. The topological polar surface area (TPSA) is 29.5 Å². The molecule has 1 aromatic carbocycles. The van der Waals surface area contributed by atoms with Crippen LogP contribution in [0.5, 0.6) is 0 Å². The van der Waals surface area contributed by atoms with E-state index >= 15 is 0 Å². The number of rotatable bonds is 2. The van der Waals surface area contributed by atoms with Gasteiger partial charge in [-0.3, -0.25) is 0 Å². The molecular formula is C15H22O2. The van der Waals surface area contributed by atoms with Gasteiger partial charge in [0.2, 0.25) is 0 Å². The monoisotopic (exact) mass is 234 g/mol. The van der Waals surface area contributed by atoms with Crippen LogP contribution in [0.2, 0.25) is 0 Å². The minimum Gasteiger partial charge on any atom is -0.389 e. The maximum atomic E-state index is 10.6. The lowest BCUT2D eigenvalue weighted by atomic mass is 9.80. The molecule has 1 aromatic rings. The van der Waals surface area contributed by atoms with Gasteiger partial charge in [-0.1, -0.05) is 29.8 Å². The first-order valence-electron chi connectivity index (χ1n) is 6.31. The van der Waals surface area contributed by atoms with Gasteiger partial charge in [0.1, 0.15) is 0 Å². The van der Waals surface area contributed by atoms with E-state index in [0.717, 1.165) is 12.8 Å². The minimum absolute atomic E-state index is 0.211. The molecule has 2 nitrogen and oxygen atoms in total. The molecule has 1 aliphatic rings. The third-order valence-electron chi connectivity index (χ3n) is 3.47. The predicted molar refractivity (Wildman–Crippen MR) is 69.1 cm³/mol. The van der Waals surface area contributed by atoms with Crippen LogP contribution in [0.15, 0.2) is 24.3 Å². The van der Waals surface area contributed by atoms with E-state index in [1.165, 1.54) is 11.1 Å². The van der Waals surface area contributed by atoms with Crippen molar-refractivity contribution in [3.05, 3.63) is 35.4 Å². The van der Waals surface area contributed by atoms with Crippen molar-refractivity contribution in [3.8, 4) is 0 Å². The quantitative estimate of drug-likeness (QED) is 0.852. The number of ether oxygens (including phenoxy) is 1. The number of aliphatic hydroxyl groups is 1. The Labute approximate surface area is 104 Å². The lowest BCUT2D eigenvalue weighted by molar-refractivity contribution is -0.143. The smallest absolute Gasteiger partial charge is 0.0737 e. The van der Waals surface area contributed by atoms with Crippen LogP contribution in [0.4, 0.5) is 0 Å². The summed E-state index contributed by atoms with van der Waals surface area (Å²) >= 11 is 0. The fraction of sp³-hybridized carbons (Fsp3) is 0.600. The maximum absolute atomic E-state index is 10.6. The van der Waals surface area contributed by atoms with Gasteiger partial charge >= 0.3 is 0 Å². The van der Waals surface area contributed by atoms with Crippen LogP contribution >= 0.6 is 0 Å². The van der Waals surface area contributed by atoms with Crippen LogP contribution in [0.3, 0.4) is 0 Å². The second-order valence-electron chi connectivity index (χ2n) is 5.92. The number of hydrogen-bond acceptors (Lipinski definition) is 2. The molecule has 1 atom stereocenters. The Morgan fingerprint density at radius 3 is 2.47 bits per heavy atom. The Kier molecular flexibility index (Phi) is 3.28. The van der Waals surface area contributed by atoms with Crippen molar-refractivity contribution in [3.63, 3.8) is 0 Å². The average molecular weight is 234 g/mol. The van der Waals surface area contributed by atoms with E-state index in [0.29, 0.717) is 13.0 Å². The molecule has 1 aliphatic heterocycles. The van der Waals surface area contributed by atoms with E-state index in [9.17, 15) is 5.11 Å². The maximum Gasteiger partial charge on any atom is 0.0737 e. The molecule has 1 unspecified atom stereocenters. The highest BCUT2D eigenvalue weighted by Crippen LogP contribution is 2.34. The number of benzene rings is 1. The van der Waals surface area contributed by atoms with Crippen LogP contribution in [-0.4, -0.2) is 22.9 Å². The third kappa shape index (κ3) is 3.30. The molecule has 94 valence electrons. The van der Waals surface area contributed by atoms with E-state index in [2.05, 4.69) is 31.2 Å². The third-order valence-corrected chi connectivity index (χ3v) is 3.47. The molecule has 0 bridgehead atoms. The summed E-state index contributed by atoms with van der Waals surface area (Å²) in [6.07, 6.45) is 2.15. The molecule has 0 aromatic heterocycles. The molecule has 17 heavy (non-hydrogen) atoms. The summed E-state index contributed by atoms with van der Waals surface area (Å²) in [5.74, 6) is 0. The molecule has 2 heteroatoms. The first-order chi connectivity index (χ1) is 7.89. The molecule has 1 N–H and O–H groups in total. The molecular weight excluding hydrogens is 212 g/mol. The van der Waals surface area contributed by atoms with E-state index in [1.807, 2.05) is 13.8 Å². The molecule has 1 heterocycles. The van der Waals surface area contributed by atoms with Crippen molar-refractivity contribution in [2.45, 2.75) is 51.2 Å². The highest BCUT2D eigenvalue weighted by molar-refractivity contribution is 5.23. The summed E-state index contributed by atoms with van der Waals surface area (Å²) in [4.78, 5) is 0. The zero-order chi connectivity index (χ0) is 12.5. The lowest BCUT2D eigenvalue weighted by Gasteiger charge is -2.41. The van der Waals surface area contributed by atoms with Crippen molar-refractivity contribution in [2.24, 2.45) is 0 Å². The standard InChI is InChI=1S/C15H22O2/c1-12-4-6-13(7-5-12)10-15(16)8-9-17-14(2,3)11-15/h4-7,16H,8-11H2,1-3H3. The van der Waals surface area contributed by atoms with Gasteiger partial charge in [0.15, 0.2) is 0 Å². The van der Waals surface area contributed by atoms with E-state index in [1.54, 1.807) is 0 Å². The van der Waals surface area contributed by atoms with Crippen molar-refractivity contribution in [1.29, 1.82) is 0 Å². The fourth-order valence-corrected chi connectivity index (χ4v) is 2.69. The molecule has 1 fully saturated rings. The van der Waals surface area contributed by atoms with Crippen LogP contribution in [-0.2, 0) is 11.2 Å². The van der Waals surface area contributed by atoms with Gasteiger partial charge in [-0.25, -0.2) is 0 Å². The fourth-order valence-electron chi connectivity index (χ4n) is 2.69. The Morgan fingerprint density at radius 1 is 1.24 bits per heavy atom. The molecule has 0 saturated carbocycles. The summed E-state index contributed by atoms with van der Waals surface area (Å²) in [6.45, 7) is 6.82. The van der Waals surface area contributed by atoms with Crippen LogP contribution in [0.25, 0.3) is 0 Å². The normalized spacial score (nSPS) is 28.0. The summed E-state index contributed by atoms with van der Waals surface area (Å²) in [5.41, 5.74) is 1.64. The Balaban J connectivity index is 2.09. The lowest BCUT2D eigenvalue weighted by Crippen LogP contribution is -2.47. The zero-order valence-electron chi connectivity index (χ0n) is 11.0. The van der Waals surface area contributed by atoms with Crippen LogP contribution in [0.1, 0.15) is 37.8 Å². The van der Waals surface area contributed by atoms with Crippen molar-refractivity contribution in [2.75, 3.05) is 6.61 Å². The van der Waals surface area contributed by atoms with E-state index < -0.39 is 5.60 Å². The summed E-state index contributed by atoms with van der Waals surface area (Å²) in [6, 6.07) is 8.41. The van der Waals surface area contributed by atoms with Crippen molar-refractivity contribution in [1.82, 2.24) is 0 Å². The molecule has 1 saturated heterocycles. The van der Waals surface area contributed by atoms with Gasteiger partial charge in [-0.05, 0) is 32.8 Å². The summed E-state index contributed by atoms with van der Waals surface area (Å²) in [5, 5.41) is 10.6. The Hall–Kier alpha value is -0.860. The molecule has 0 aliphatic carbocycles. The van der Waals surface area contributed by atoms with Gasteiger partial charge in [-0.15, -0.1) is 0 Å². The summed E-state index contributed by atoms with van der Waals surface area (Å²) < 4.78 is 5.66. The second-order valence-corrected chi connectivity index (χ2v) is 5.92. The van der Waals surface area contributed by atoms with Gasteiger partial charge < -0.3 is 9.84 Å². The Bertz CT molecular complexity index is 380. The highest BCUT2D eigenvalue weighted by Gasteiger charge is 2.39. The predicted octanol–water partition coefficient (Wildman–Crippen LogP) is 2.86. The first kappa shape index (κ1) is 12.6. The highest BCUT2D eigenvalue weighted by atomic mass is 16.5. The van der Waals surface area contributed by atoms with Gasteiger partial charge in [0.25, 0.3) is 0 Å². The molecule has 0 spiro atoms. The van der Waals surface area contributed by atoms with E-state index in [4.69, 9.17) is 4.74 Å². The van der Waals surface area contributed by atoms with Crippen molar-refractivity contribution < 1.29 is 9.84 Å². The number of aryl methyl sites for hydroxylation is 1. The molecule has 2 rings (SSSR count). The number of hydrogen-bond donors (Lipinski definition) is 1. The molecule has 0 amide bonds. The first-order valence-corrected chi connectivity index (χ1v) is 6.31. The zero-order valence-corrected chi connectivity index (χ0v) is 11.0. The second kappa shape index (κ2) is 4.43.